The molecule has 0 radical (unpaired) electrons. The van der Waals surface area contributed by atoms with E-state index in [4.69, 9.17) is 9.47 Å². The zero-order chi connectivity index (χ0) is 21.2. The third-order valence-corrected chi connectivity index (χ3v) is 4.20. The molecule has 3 aromatic rings. The van der Waals surface area contributed by atoms with Gasteiger partial charge in [0.15, 0.2) is 5.96 Å². The molecule has 0 atom stereocenters. The third kappa shape index (κ3) is 8.05. The Hall–Kier alpha value is -2.88. The summed E-state index contributed by atoms with van der Waals surface area (Å²) in [5.41, 5.74) is 1.93. The Labute approximate surface area is 198 Å². The van der Waals surface area contributed by atoms with Crippen LogP contribution < -0.4 is 20.1 Å². The number of nitrogens with one attached hydrogen (secondary N) is 2. The zero-order valence-electron chi connectivity index (χ0n) is 17.5. The summed E-state index contributed by atoms with van der Waals surface area (Å²) in [6.45, 7) is 3.76. The van der Waals surface area contributed by atoms with Gasteiger partial charge in [0.1, 0.15) is 17.3 Å². The number of rotatable bonds is 8. The maximum Gasteiger partial charge on any atom is 0.219 e. The van der Waals surface area contributed by atoms with E-state index in [2.05, 4.69) is 20.6 Å². The maximum absolute atomic E-state index is 13.0. The molecule has 1 heterocycles. The Bertz CT molecular complexity index is 966. The van der Waals surface area contributed by atoms with Crippen LogP contribution in [0, 0.1) is 5.82 Å². The summed E-state index contributed by atoms with van der Waals surface area (Å²) < 4.78 is 24.0. The molecule has 0 bridgehead atoms. The van der Waals surface area contributed by atoms with Crippen molar-refractivity contribution in [2.75, 3.05) is 13.7 Å². The second-order valence-electron chi connectivity index (χ2n) is 6.46. The fourth-order valence-corrected chi connectivity index (χ4v) is 2.65. The molecule has 0 unspecified atom stereocenters. The smallest absolute Gasteiger partial charge is 0.219 e. The lowest BCUT2D eigenvalue weighted by Gasteiger charge is -2.11. The molecule has 164 valence electrons. The van der Waals surface area contributed by atoms with Gasteiger partial charge in [-0.2, -0.15) is 0 Å². The number of methoxy groups -OCH3 is 1. The van der Waals surface area contributed by atoms with Crippen LogP contribution in [0.4, 0.5) is 4.39 Å². The van der Waals surface area contributed by atoms with Gasteiger partial charge in [-0.25, -0.2) is 14.4 Å². The number of aliphatic imine (C=N–C) groups is 1. The van der Waals surface area contributed by atoms with E-state index < -0.39 is 0 Å². The monoisotopic (exact) mass is 536 g/mol. The van der Waals surface area contributed by atoms with Crippen LogP contribution in [0.2, 0.25) is 0 Å². The first-order chi connectivity index (χ1) is 14.7. The molecule has 0 spiro atoms. The molecule has 8 heteroatoms. The van der Waals surface area contributed by atoms with E-state index in [1.165, 1.54) is 12.1 Å². The summed E-state index contributed by atoms with van der Waals surface area (Å²) in [7, 11) is 1.61. The summed E-state index contributed by atoms with van der Waals surface area (Å²) >= 11 is 0. The molecular formula is C23H26FIN4O2. The van der Waals surface area contributed by atoms with Crippen LogP contribution in [0.5, 0.6) is 17.4 Å². The molecule has 0 saturated heterocycles. The van der Waals surface area contributed by atoms with Crippen LogP contribution in [0.25, 0.3) is 0 Å². The van der Waals surface area contributed by atoms with Crippen molar-refractivity contribution in [3.63, 3.8) is 0 Å². The van der Waals surface area contributed by atoms with E-state index >= 15 is 0 Å². The normalized spacial score (nSPS) is 10.7. The number of guanidine groups is 1. The SMILES string of the molecule is CCNC(=NCc1ccc(Oc2cccc(OC)c2)nc1)NCc1ccc(F)cc1.I. The largest absolute Gasteiger partial charge is 0.497 e. The summed E-state index contributed by atoms with van der Waals surface area (Å²) in [4.78, 5) is 8.92. The average molecular weight is 536 g/mol. The lowest BCUT2D eigenvalue weighted by atomic mass is 10.2. The van der Waals surface area contributed by atoms with Gasteiger partial charge in [-0.3, -0.25) is 0 Å². The zero-order valence-corrected chi connectivity index (χ0v) is 19.8. The Morgan fingerprint density at radius 2 is 1.74 bits per heavy atom. The molecule has 3 rings (SSSR count). The highest BCUT2D eigenvalue weighted by Gasteiger charge is 2.03. The molecule has 0 saturated carbocycles. The molecule has 0 aliphatic heterocycles. The predicted molar refractivity (Wildman–Crippen MR) is 131 cm³/mol. The van der Waals surface area contributed by atoms with Crippen molar-refractivity contribution >= 4 is 29.9 Å². The van der Waals surface area contributed by atoms with E-state index in [9.17, 15) is 4.39 Å². The molecule has 0 amide bonds. The quantitative estimate of drug-likeness (QED) is 0.244. The van der Waals surface area contributed by atoms with E-state index in [0.29, 0.717) is 30.7 Å². The number of benzene rings is 2. The number of aromatic nitrogens is 1. The molecule has 0 aliphatic rings. The second kappa shape index (κ2) is 12.7. The highest BCUT2D eigenvalue weighted by atomic mass is 127. The third-order valence-electron chi connectivity index (χ3n) is 4.20. The van der Waals surface area contributed by atoms with Crippen LogP contribution >= 0.6 is 24.0 Å². The number of halogens is 2. The summed E-state index contributed by atoms with van der Waals surface area (Å²) in [6.07, 6.45) is 1.74. The van der Waals surface area contributed by atoms with E-state index in [1.54, 1.807) is 31.5 Å². The van der Waals surface area contributed by atoms with E-state index in [-0.39, 0.29) is 29.8 Å². The van der Waals surface area contributed by atoms with Gasteiger partial charge < -0.3 is 20.1 Å². The maximum atomic E-state index is 13.0. The lowest BCUT2D eigenvalue weighted by Crippen LogP contribution is -2.36. The Kier molecular flexibility index (Phi) is 10.0. The van der Waals surface area contributed by atoms with Crippen LogP contribution in [-0.2, 0) is 13.1 Å². The van der Waals surface area contributed by atoms with Gasteiger partial charge in [0.2, 0.25) is 5.88 Å². The Balaban J connectivity index is 0.00000341. The minimum absolute atomic E-state index is 0. The molecule has 2 N–H and O–H groups in total. The minimum Gasteiger partial charge on any atom is -0.497 e. The summed E-state index contributed by atoms with van der Waals surface area (Å²) in [6, 6.07) is 17.5. The van der Waals surface area contributed by atoms with Crippen molar-refractivity contribution in [3.8, 4) is 17.4 Å². The fraction of sp³-hybridized carbons (Fsp3) is 0.217. The first-order valence-corrected chi connectivity index (χ1v) is 9.69. The summed E-state index contributed by atoms with van der Waals surface area (Å²) in [5.74, 6) is 2.32. The fourth-order valence-electron chi connectivity index (χ4n) is 2.65. The Morgan fingerprint density at radius 1 is 1.00 bits per heavy atom. The first-order valence-electron chi connectivity index (χ1n) is 9.69. The second-order valence-corrected chi connectivity index (χ2v) is 6.46. The number of nitrogens with zero attached hydrogens (tertiary/aromatic N) is 2. The van der Waals surface area contributed by atoms with Crippen molar-refractivity contribution in [3.05, 3.63) is 83.8 Å². The number of ether oxygens (including phenoxy) is 2. The van der Waals surface area contributed by atoms with E-state index in [0.717, 1.165) is 23.4 Å². The number of hydrogen-bond donors (Lipinski definition) is 2. The van der Waals surface area contributed by atoms with Crippen LogP contribution in [-0.4, -0.2) is 24.6 Å². The van der Waals surface area contributed by atoms with Crippen molar-refractivity contribution in [2.45, 2.75) is 20.0 Å². The van der Waals surface area contributed by atoms with Gasteiger partial charge in [0.05, 0.1) is 13.7 Å². The lowest BCUT2D eigenvalue weighted by molar-refractivity contribution is 0.407. The van der Waals surface area contributed by atoms with Crippen LogP contribution in [0.15, 0.2) is 71.9 Å². The topological polar surface area (TPSA) is 67.8 Å². The van der Waals surface area contributed by atoms with Gasteiger partial charge in [-0.05, 0) is 42.3 Å². The molecule has 0 aliphatic carbocycles. The van der Waals surface area contributed by atoms with Crippen molar-refractivity contribution in [1.29, 1.82) is 0 Å². The molecule has 0 fully saturated rings. The molecule has 6 nitrogen and oxygen atoms in total. The van der Waals surface area contributed by atoms with Crippen molar-refractivity contribution in [2.24, 2.45) is 4.99 Å². The highest BCUT2D eigenvalue weighted by molar-refractivity contribution is 14.0. The van der Waals surface area contributed by atoms with Crippen LogP contribution in [0.3, 0.4) is 0 Å². The van der Waals surface area contributed by atoms with Gasteiger partial charge in [0.25, 0.3) is 0 Å². The van der Waals surface area contributed by atoms with Gasteiger partial charge in [-0.15, -0.1) is 24.0 Å². The summed E-state index contributed by atoms with van der Waals surface area (Å²) in [5, 5.41) is 6.44. The highest BCUT2D eigenvalue weighted by Crippen LogP contribution is 2.23. The van der Waals surface area contributed by atoms with Gasteiger partial charge >= 0.3 is 0 Å². The molecular weight excluding hydrogens is 510 g/mol. The van der Waals surface area contributed by atoms with Gasteiger partial charge in [0, 0.05) is 31.4 Å². The Morgan fingerprint density at radius 3 is 2.42 bits per heavy atom. The standard InChI is InChI=1S/C23H25FN4O2.HI/c1-3-25-23(27-14-17-7-10-19(24)11-8-17)28-16-18-9-12-22(26-15-18)30-21-6-4-5-20(13-21)29-2;/h4-13,15H,3,14,16H2,1-2H3,(H2,25,27,28);1H. The molecule has 2 aromatic carbocycles. The minimum atomic E-state index is -0.245. The van der Waals surface area contributed by atoms with Crippen molar-refractivity contribution < 1.29 is 13.9 Å². The number of pyridine rings is 1. The molecule has 31 heavy (non-hydrogen) atoms. The van der Waals surface area contributed by atoms with Crippen molar-refractivity contribution in [1.82, 2.24) is 15.6 Å². The number of hydrogen-bond acceptors (Lipinski definition) is 4. The van der Waals surface area contributed by atoms with E-state index in [1.807, 2.05) is 37.3 Å². The van der Waals surface area contributed by atoms with Gasteiger partial charge in [-0.1, -0.05) is 24.3 Å². The average Bonchev–Trinajstić information content (AvgIpc) is 2.78. The molecule has 1 aromatic heterocycles. The predicted octanol–water partition coefficient (Wildman–Crippen LogP) is 4.89. The first kappa shape index (κ1) is 24.4. The van der Waals surface area contributed by atoms with Crippen LogP contribution in [0.1, 0.15) is 18.1 Å².